The fraction of sp³-hybridized carbons (Fsp3) is 0.520. The lowest BCUT2D eigenvalue weighted by Gasteiger charge is -2.41. The fourth-order valence-electron chi connectivity index (χ4n) is 4.79. The first-order valence-electron chi connectivity index (χ1n) is 11.5. The molecule has 3 heterocycles. The lowest BCUT2D eigenvalue weighted by atomic mass is 9.93. The summed E-state index contributed by atoms with van der Waals surface area (Å²) in [6.07, 6.45) is 6.78. The van der Waals surface area contributed by atoms with E-state index in [1.54, 1.807) is 13.3 Å². The number of pyridine rings is 1. The van der Waals surface area contributed by atoms with Gasteiger partial charge < -0.3 is 14.4 Å². The molecule has 1 saturated heterocycles. The molecule has 2 aliphatic rings. The molecule has 172 valence electrons. The van der Waals surface area contributed by atoms with E-state index in [1.807, 2.05) is 41.3 Å². The summed E-state index contributed by atoms with van der Waals surface area (Å²) in [5, 5.41) is 0.646. The van der Waals surface area contributed by atoms with Crippen LogP contribution < -0.4 is 4.74 Å². The predicted molar refractivity (Wildman–Crippen MR) is 125 cm³/mol. The van der Waals surface area contributed by atoms with E-state index in [2.05, 4.69) is 9.88 Å². The van der Waals surface area contributed by atoms with E-state index in [0.717, 1.165) is 64.0 Å². The van der Waals surface area contributed by atoms with Crippen molar-refractivity contribution in [2.45, 2.75) is 50.8 Å². The van der Waals surface area contributed by atoms with Crippen molar-refractivity contribution in [1.29, 1.82) is 0 Å². The van der Waals surface area contributed by atoms with Crippen LogP contribution >= 0.6 is 11.6 Å². The van der Waals surface area contributed by atoms with Crippen LogP contribution in [0.15, 0.2) is 42.6 Å². The number of piperidine rings is 1. The average molecular weight is 458 g/mol. The molecule has 0 N–H and O–H groups in total. The number of para-hydroxylation sites is 1. The summed E-state index contributed by atoms with van der Waals surface area (Å²) in [7, 11) is 1.76. The Balaban J connectivity index is 1.55. The van der Waals surface area contributed by atoms with Gasteiger partial charge in [-0.05, 0) is 56.5 Å². The number of amides is 1. The Morgan fingerprint density at radius 3 is 2.78 bits per heavy atom. The highest BCUT2D eigenvalue weighted by Crippen LogP contribution is 2.29. The van der Waals surface area contributed by atoms with Gasteiger partial charge >= 0.3 is 0 Å². The highest BCUT2D eigenvalue weighted by atomic mass is 35.5. The summed E-state index contributed by atoms with van der Waals surface area (Å²) in [4.78, 5) is 22.4. The van der Waals surface area contributed by atoms with Crippen LogP contribution in [0.2, 0.25) is 5.02 Å². The highest BCUT2D eigenvalue weighted by molar-refractivity contribution is 6.30. The third-order valence-corrected chi connectivity index (χ3v) is 6.69. The van der Waals surface area contributed by atoms with E-state index < -0.39 is 0 Å². The second-order valence-electron chi connectivity index (χ2n) is 8.57. The van der Waals surface area contributed by atoms with E-state index in [4.69, 9.17) is 21.1 Å². The van der Waals surface area contributed by atoms with Crippen LogP contribution in [0.25, 0.3) is 0 Å². The van der Waals surface area contributed by atoms with Gasteiger partial charge in [0.15, 0.2) is 0 Å². The Bertz CT molecular complexity index is 892. The SMILES string of the molecule is CO[C@H]1CCCN2C(=O)c3ccccc3OCCN(Cc3ccc(Cl)cn3)CCCC[C@@H]12. The smallest absolute Gasteiger partial charge is 0.257 e. The topological polar surface area (TPSA) is 54.9 Å². The quantitative estimate of drug-likeness (QED) is 0.682. The Morgan fingerprint density at radius 2 is 1.97 bits per heavy atom. The molecule has 1 amide bonds. The van der Waals surface area contributed by atoms with Crippen molar-refractivity contribution < 1.29 is 14.3 Å². The molecule has 2 aromatic rings. The molecule has 6 nitrogen and oxygen atoms in total. The van der Waals surface area contributed by atoms with E-state index >= 15 is 0 Å². The van der Waals surface area contributed by atoms with Crippen LogP contribution in [0.4, 0.5) is 0 Å². The van der Waals surface area contributed by atoms with Crippen molar-refractivity contribution in [3.8, 4) is 5.75 Å². The molecular formula is C25H32ClN3O3. The second-order valence-corrected chi connectivity index (χ2v) is 9.00. The number of ether oxygens (including phenoxy) is 2. The number of carbonyl (C=O) groups is 1. The van der Waals surface area contributed by atoms with Gasteiger partial charge in [0, 0.05) is 32.9 Å². The predicted octanol–water partition coefficient (Wildman–Crippen LogP) is 4.42. The number of methoxy groups -OCH3 is 1. The van der Waals surface area contributed by atoms with Crippen LogP contribution in [0.5, 0.6) is 5.75 Å². The maximum absolute atomic E-state index is 13.5. The first-order chi connectivity index (χ1) is 15.7. The van der Waals surface area contributed by atoms with Gasteiger partial charge in [0.05, 0.1) is 28.4 Å². The van der Waals surface area contributed by atoms with Crippen molar-refractivity contribution in [3.05, 3.63) is 58.9 Å². The first kappa shape index (κ1) is 23.0. The van der Waals surface area contributed by atoms with Crippen LogP contribution in [-0.4, -0.2) is 66.2 Å². The summed E-state index contributed by atoms with van der Waals surface area (Å²) < 4.78 is 11.9. The Kier molecular flexibility index (Phi) is 8.00. The van der Waals surface area contributed by atoms with Gasteiger partial charge in [-0.3, -0.25) is 14.7 Å². The van der Waals surface area contributed by atoms with Crippen LogP contribution in [0, 0.1) is 0 Å². The number of hydrogen-bond donors (Lipinski definition) is 0. The molecule has 0 radical (unpaired) electrons. The number of hydrogen-bond acceptors (Lipinski definition) is 5. The molecule has 1 aromatic carbocycles. The van der Waals surface area contributed by atoms with E-state index in [1.165, 1.54) is 0 Å². The molecule has 0 unspecified atom stereocenters. The van der Waals surface area contributed by atoms with Gasteiger partial charge in [0.25, 0.3) is 5.91 Å². The summed E-state index contributed by atoms with van der Waals surface area (Å²) in [5.41, 5.74) is 1.63. The average Bonchev–Trinajstić information content (AvgIpc) is 2.83. The number of aromatic nitrogens is 1. The Labute approximate surface area is 195 Å². The zero-order chi connectivity index (χ0) is 22.3. The molecular weight excluding hydrogens is 426 g/mol. The Morgan fingerprint density at radius 1 is 1.09 bits per heavy atom. The minimum atomic E-state index is 0.0498. The van der Waals surface area contributed by atoms with Gasteiger partial charge in [-0.2, -0.15) is 0 Å². The van der Waals surface area contributed by atoms with Gasteiger partial charge in [0.1, 0.15) is 12.4 Å². The molecule has 4 rings (SSSR count). The molecule has 0 spiro atoms. The zero-order valence-corrected chi connectivity index (χ0v) is 19.5. The highest BCUT2D eigenvalue weighted by Gasteiger charge is 2.35. The largest absolute Gasteiger partial charge is 0.491 e. The lowest BCUT2D eigenvalue weighted by Crippen LogP contribution is -2.51. The first-order valence-corrected chi connectivity index (χ1v) is 11.9. The van der Waals surface area contributed by atoms with Crippen molar-refractivity contribution in [2.24, 2.45) is 0 Å². The third kappa shape index (κ3) is 5.61. The lowest BCUT2D eigenvalue weighted by molar-refractivity contribution is -0.0155. The summed E-state index contributed by atoms with van der Waals surface area (Å²) in [6.45, 7) is 3.75. The van der Waals surface area contributed by atoms with Crippen molar-refractivity contribution >= 4 is 17.5 Å². The number of benzene rings is 1. The normalized spacial score (nSPS) is 23.2. The molecule has 32 heavy (non-hydrogen) atoms. The Hall–Kier alpha value is -2.15. The van der Waals surface area contributed by atoms with E-state index in [0.29, 0.717) is 22.9 Å². The standard InChI is InChI=1S/C25H32ClN3O3/c1-31-24-10-6-14-29-22(24)8-4-5-13-28(18-20-12-11-19(26)17-27-20)15-16-32-23-9-3-2-7-21(23)25(29)30/h2-3,7,9,11-12,17,22,24H,4-6,8,10,13-16,18H2,1H3/t22-,24-/m0/s1. The zero-order valence-electron chi connectivity index (χ0n) is 18.7. The minimum Gasteiger partial charge on any atom is -0.491 e. The number of halogens is 1. The monoisotopic (exact) mass is 457 g/mol. The number of carbonyl (C=O) groups excluding carboxylic acids is 1. The molecule has 0 saturated carbocycles. The fourth-order valence-corrected chi connectivity index (χ4v) is 4.90. The van der Waals surface area contributed by atoms with Crippen LogP contribution in [0.1, 0.15) is 48.2 Å². The van der Waals surface area contributed by atoms with Gasteiger partial charge in [0.2, 0.25) is 0 Å². The molecule has 0 bridgehead atoms. The molecule has 1 fully saturated rings. The maximum Gasteiger partial charge on any atom is 0.257 e. The molecule has 2 aliphatic heterocycles. The van der Waals surface area contributed by atoms with E-state index in [9.17, 15) is 4.79 Å². The second kappa shape index (κ2) is 11.1. The number of fused-ring (bicyclic) bond motifs is 2. The van der Waals surface area contributed by atoms with Crippen molar-refractivity contribution in [1.82, 2.24) is 14.8 Å². The van der Waals surface area contributed by atoms with E-state index in [-0.39, 0.29) is 18.1 Å². The van der Waals surface area contributed by atoms with Gasteiger partial charge in [-0.1, -0.05) is 30.2 Å². The molecule has 0 aliphatic carbocycles. The number of nitrogens with zero attached hydrogens (tertiary/aromatic N) is 3. The molecule has 2 atom stereocenters. The number of rotatable bonds is 3. The van der Waals surface area contributed by atoms with Crippen LogP contribution in [-0.2, 0) is 11.3 Å². The van der Waals surface area contributed by atoms with Gasteiger partial charge in [-0.25, -0.2) is 0 Å². The van der Waals surface area contributed by atoms with Crippen molar-refractivity contribution in [3.63, 3.8) is 0 Å². The van der Waals surface area contributed by atoms with Gasteiger partial charge in [-0.15, -0.1) is 0 Å². The third-order valence-electron chi connectivity index (χ3n) is 6.46. The summed E-state index contributed by atoms with van der Waals surface area (Å²) in [5.74, 6) is 0.702. The molecule has 7 heteroatoms. The summed E-state index contributed by atoms with van der Waals surface area (Å²) >= 11 is 5.99. The van der Waals surface area contributed by atoms with Crippen molar-refractivity contribution in [2.75, 3.05) is 33.4 Å². The van der Waals surface area contributed by atoms with Crippen LogP contribution in [0.3, 0.4) is 0 Å². The minimum absolute atomic E-state index is 0.0498. The maximum atomic E-state index is 13.5. The summed E-state index contributed by atoms with van der Waals surface area (Å²) in [6, 6.07) is 11.5. The molecule has 1 aromatic heterocycles.